The fourth-order valence-corrected chi connectivity index (χ4v) is 2.44. The van der Waals surface area contributed by atoms with Gasteiger partial charge in [-0.3, -0.25) is 4.79 Å². The molecule has 6 nitrogen and oxygen atoms in total. The molecule has 0 atom stereocenters. The van der Waals surface area contributed by atoms with Gasteiger partial charge in [-0.1, -0.05) is 30.8 Å². The number of thioether (sulfide) groups is 1. The van der Waals surface area contributed by atoms with E-state index in [1.165, 1.54) is 0 Å². The van der Waals surface area contributed by atoms with Crippen molar-refractivity contribution in [1.82, 2.24) is 20.2 Å². The highest BCUT2D eigenvalue weighted by Crippen LogP contribution is 2.20. The van der Waals surface area contributed by atoms with Crippen LogP contribution in [0.3, 0.4) is 0 Å². The second-order valence-electron chi connectivity index (χ2n) is 4.85. The largest absolute Gasteiger partial charge is 0.312 e. The molecule has 1 aromatic carbocycles. The number of nitrogens with zero attached hydrogens (tertiary/aromatic N) is 4. The van der Waals surface area contributed by atoms with E-state index in [0.29, 0.717) is 5.56 Å². The number of rotatable bonds is 6. The summed E-state index contributed by atoms with van der Waals surface area (Å²) in [5.74, 6) is 0.585. The summed E-state index contributed by atoms with van der Waals surface area (Å²) in [4.78, 5) is 11.9. The van der Waals surface area contributed by atoms with Gasteiger partial charge in [0.05, 0.1) is 0 Å². The minimum Gasteiger partial charge on any atom is -0.312 e. The maximum absolute atomic E-state index is 11.9. The molecule has 1 amide bonds. The average molecular weight is 317 g/mol. The van der Waals surface area contributed by atoms with E-state index in [0.717, 1.165) is 28.6 Å². The molecule has 22 heavy (non-hydrogen) atoms. The molecular weight excluding hydrogens is 298 g/mol. The fraction of sp³-hybridized carbons (Fsp3) is 0.333. The van der Waals surface area contributed by atoms with Crippen molar-refractivity contribution in [3.05, 3.63) is 41.7 Å². The molecule has 0 spiro atoms. The van der Waals surface area contributed by atoms with Gasteiger partial charge in [0.25, 0.3) is 5.91 Å². The zero-order valence-electron chi connectivity index (χ0n) is 12.9. The molecule has 0 saturated carbocycles. The zero-order chi connectivity index (χ0) is 15.9. The number of hydrogen-bond donors (Lipinski definition) is 1. The molecule has 1 aromatic heterocycles. The summed E-state index contributed by atoms with van der Waals surface area (Å²) < 4.78 is 1.88. The summed E-state index contributed by atoms with van der Waals surface area (Å²) in [6.45, 7) is 3.88. The normalized spacial score (nSPS) is 11.5. The van der Waals surface area contributed by atoms with E-state index in [1.807, 2.05) is 37.6 Å². The van der Waals surface area contributed by atoms with Crippen LogP contribution < -0.4 is 5.43 Å². The Bertz CT molecular complexity index is 663. The Hall–Kier alpha value is -2.15. The third-order valence-electron chi connectivity index (χ3n) is 3.11. The summed E-state index contributed by atoms with van der Waals surface area (Å²) in [5.41, 5.74) is 5.17. The second kappa shape index (κ2) is 7.74. The Morgan fingerprint density at radius 2 is 2.09 bits per heavy atom. The molecule has 0 radical (unpaired) electrons. The van der Waals surface area contributed by atoms with Crippen LogP contribution in [0.2, 0.25) is 0 Å². The Labute approximate surface area is 134 Å². The predicted octanol–water partition coefficient (Wildman–Crippen LogP) is 2.62. The molecule has 0 aliphatic carbocycles. The van der Waals surface area contributed by atoms with E-state index < -0.39 is 0 Å². The van der Waals surface area contributed by atoms with Gasteiger partial charge in [-0.15, -0.1) is 10.2 Å². The van der Waals surface area contributed by atoms with Crippen molar-refractivity contribution in [3.63, 3.8) is 0 Å². The lowest BCUT2D eigenvalue weighted by Gasteiger charge is -2.04. The number of nitrogens with one attached hydrogen (secondary N) is 1. The van der Waals surface area contributed by atoms with Crippen LogP contribution >= 0.6 is 11.8 Å². The number of benzene rings is 1. The molecule has 0 unspecified atom stereocenters. The average Bonchev–Trinajstić information content (AvgIpc) is 2.96. The first-order chi connectivity index (χ1) is 10.6. The van der Waals surface area contributed by atoms with Crippen molar-refractivity contribution in [1.29, 1.82) is 0 Å². The highest BCUT2D eigenvalue weighted by atomic mass is 32.2. The van der Waals surface area contributed by atoms with Crippen molar-refractivity contribution in [2.75, 3.05) is 0 Å². The predicted molar refractivity (Wildman–Crippen MR) is 87.9 cm³/mol. The summed E-state index contributed by atoms with van der Waals surface area (Å²) >= 11 is 1.61. The minimum absolute atomic E-state index is 0.194. The van der Waals surface area contributed by atoms with E-state index >= 15 is 0 Å². The van der Waals surface area contributed by atoms with Crippen molar-refractivity contribution in [2.45, 2.75) is 31.2 Å². The second-order valence-corrected chi connectivity index (χ2v) is 5.79. The quantitative estimate of drug-likeness (QED) is 0.505. The maximum Gasteiger partial charge on any atom is 0.271 e. The lowest BCUT2D eigenvalue weighted by molar-refractivity contribution is 0.0954. The topological polar surface area (TPSA) is 72.2 Å². The van der Waals surface area contributed by atoms with E-state index in [-0.39, 0.29) is 5.91 Å². The molecule has 1 N–H and O–H groups in total. The maximum atomic E-state index is 11.9. The van der Waals surface area contributed by atoms with Gasteiger partial charge in [0, 0.05) is 24.1 Å². The molecule has 1 heterocycles. The van der Waals surface area contributed by atoms with Crippen molar-refractivity contribution >= 4 is 23.4 Å². The monoisotopic (exact) mass is 317 g/mol. The lowest BCUT2D eigenvalue weighted by atomic mass is 10.1. The molecule has 2 rings (SSSR count). The Balaban J connectivity index is 1.92. The minimum atomic E-state index is -0.194. The van der Waals surface area contributed by atoms with E-state index in [1.54, 1.807) is 30.2 Å². The summed E-state index contributed by atoms with van der Waals surface area (Å²) in [6.07, 6.45) is 2.49. The van der Waals surface area contributed by atoms with Gasteiger partial charge in [-0.25, -0.2) is 5.43 Å². The van der Waals surface area contributed by atoms with E-state index in [2.05, 4.69) is 20.7 Å². The van der Waals surface area contributed by atoms with Crippen LogP contribution in [0.1, 0.15) is 36.2 Å². The first-order valence-electron chi connectivity index (χ1n) is 6.99. The molecule has 0 saturated heterocycles. The highest BCUT2D eigenvalue weighted by Gasteiger charge is 2.06. The lowest BCUT2D eigenvalue weighted by Crippen LogP contribution is -2.18. The van der Waals surface area contributed by atoms with Crippen LogP contribution in [0.4, 0.5) is 0 Å². The van der Waals surface area contributed by atoms with Crippen LogP contribution in [-0.4, -0.2) is 26.4 Å². The van der Waals surface area contributed by atoms with Gasteiger partial charge in [-0.05, 0) is 31.0 Å². The summed E-state index contributed by atoms with van der Waals surface area (Å²) in [6, 6.07) is 7.49. The molecule has 0 aliphatic rings. The molecule has 0 aliphatic heterocycles. The molecule has 0 fully saturated rings. The van der Waals surface area contributed by atoms with Crippen LogP contribution in [-0.2, 0) is 12.8 Å². The van der Waals surface area contributed by atoms with Crippen LogP contribution in [0.25, 0.3) is 0 Å². The molecule has 0 bridgehead atoms. The molecular formula is C15H19N5OS. The van der Waals surface area contributed by atoms with Crippen LogP contribution in [0, 0.1) is 0 Å². The standard InChI is InChI=1S/C15H19N5OS/c1-4-11(2)17-18-14(21)13-7-5-12(6-8-13)9-22-15-19-16-10-20(15)3/h5-8,10H,4,9H2,1-3H3,(H,18,21). The highest BCUT2D eigenvalue weighted by molar-refractivity contribution is 7.98. The smallest absolute Gasteiger partial charge is 0.271 e. The van der Waals surface area contributed by atoms with Crippen molar-refractivity contribution in [2.24, 2.45) is 12.1 Å². The van der Waals surface area contributed by atoms with Crippen molar-refractivity contribution in [3.8, 4) is 0 Å². The van der Waals surface area contributed by atoms with Crippen molar-refractivity contribution < 1.29 is 4.79 Å². The number of amides is 1. The fourth-order valence-electron chi connectivity index (χ4n) is 1.59. The first-order valence-corrected chi connectivity index (χ1v) is 7.98. The number of hydrogen-bond acceptors (Lipinski definition) is 5. The van der Waals surface area contributed by atoms with Gasteiger partial charge in [0.1, 0.15) is 6.33 Å². The third kappa shape index (κ3) is 4.42. The first kappa shape index (κ1) is 16.2. The van der Waals surface area contributed by atoms with E-state index in [9.17, 15) is 4.79 Å². The van der Waals surface area contributed by atoms with E-state index in [4.69, 9.17) is 0 Å². The number of aromatic nitrogens is 3. The molecule has 7 heteroatoms. The van der Waals surface area contributed by atoms with Gasteiger partial charge >= 0.3 is 0 Å². The van der Waals surface area contributed by atoms with Gasteiger partial charge in [-0.2, -0.15) is 5.10 Å². The summed E-state index contributed by atoms with van der Waals surface area (Å²) in [7, 11) is 1.91. The number of carbonyl (C=O) groups excluding carboxylic acids is 1. The molecule has 2 aromatic rings. The number of hydrazone groups is 1. The Morgan fingerprint density at radius 1 is 1.36 bits per heavy atom. The third-order valence-corrected chi connectivity index (χ3v) is 4.22. The zero-order valence-corrected chi connectivity index (χ0v) is 13.7. The summed E-state index contributed by atoms with van der Waals surface area (Å²) in [5, 5.41) is 12.7. The van der Waals surface area contributed by atoms with Gasteiger partial charge < -0.3 is 4.57 Å². The SMILES string of the molecule is CCC(C)=NNC(=O)c1ccc(CSc2nncn2C)cc1. The van der Waals surface area contributed by atoms with Crippen LogP contribution in [0.15, 0.2) is 40.9 Å². The van der Waals surface area contributed by atoms with Crippen LogP contribution in [0.5, 0.6) is 0 Å². The number of carbonyl (C=O) groups is 1. The Morgan fingerprint density at radius 3 is 2.68 bits per heavy atom. The number of aryl methyl sites for hydroxylation is 1. The van der Waals surface area contributed by atoms with Gasteiger partial charge in [0.2, 0.25) is 0 Å². The molecule has 116 valence electrons. The van der Waals surface area contributed by atoms with Gasteiger partial charge in [0.15, 0.2) is 5.16 Å². The Kier molecular flexibility index (Phi) is 5.71.